The maximum atomic E-state index is 13.0. The lowest BCUT2D eigenvalue weighted by molar-refractivity contribution is 0.0673. The monoisotopic (exact) mass is 377 g/mol. The van der Waals surface area contributed by atoms with Crippen LogP contribution in [-0.2, 0) is 17.8 Å². The third-order valence-corrected chi connectivity index (χ3v) is 4.76. The molecule has 3 aromatic rings. The van der Waals surface area contributed by atoms with Gasteiger partial charge in [-0.2, -0.15) is 0 Å². The summed E-state index contributed by atoms with van der Waals surface area (Å²) in [6, 6.07) is 16.1. The lowest BCUT2D eigenvalue weighted by Gasteiger charge is -2.23. The molecule has 28 heavy (non-hydrogen) atoms. The number of benzene rings is 2. The van der Waals surface area contributed by atoms with E-state index < -0.39 is 0 Å². The summed E-state index contributed by atoms with van der Waals surface area (Å²) in [6.07, 6.45) is 3.74. The van der Waals surface area contributed by atoms with E-state index in [1.54, 1.807) is 18.2 Å². The average molecular weight is 377 g/mol. The third kappa shape index (κ3) is 5.08. The van der Waals surface area contributed by atoms with E-state index in [9.17, 15) is 4.79 Å². The fraction of sp³-hybridized carbons (Fsp3) is 0.304. The van der Waals surface area contributed by atoms with E-state index in [1.165, 1.54) is 11.1 Å². The number of hydrogen-bond acceptors (Lipinski definition) is 3. The largest absolute Gasteiger partial charge is 0.383 e. The summed E-state index contributed by atoms with van der Waals surface area (Å²) in [7, 11) is 1.65. The molecule has 1 amide bonds. The minimum absolute atomic E-state index is 0.0121. The Balaban J connectivity index is 1.77. The number of aryl methyl sites for hydroxylation is 2. The van der Waals surface area contributed by atoms with Crippen LogP contribution in [0.2, 0.25) is 0 Å². The molecule has 0 aliphatic heterocycles. The first-order chi connectivity index (χ1) is 13.6. The van der Waals surface area contributed by atoms with Gasteiger partial charge >= 0.3 is 0 Å². The van der Waals surface area contributed by atoms with E-state index >= 15 is 0 Å². The van der Waals surface area contributed by atoms with Gasteiger partial charge in [0.05, 0.1) is 13.2 Å². The van der Waals surface area contributed by atoms with E-state index in [0.29, 0.717) is 25.3 Å². The highest BCUT2D eigenvalue weighted by molar-refractivity contribution is 5.94. The number of aromatic nitrogens is 2. The van der Waals surface area contributed by atoms with Crippen LogP contribution in [0.1, 0.15) is 32.9 Å². The highest BCUT2D eigenvalue weighted by Crippen LogP contribution is 2.13. The molecule has 0 spiro atoms. The van der Waals surface area contributed by atoms with Crippen molar-refractivity contribution in [2.75, 3.05) is 20.3 Å². The molecule has 0 N–H and O–H groups in total. The number of nitrogens with zero attached hydrogens (tertiary/aromatic N) is 3. The van der Waals surface area contributed by atoms with Crippen LogP contribution >= 0.6 is 0 Å². The molecule has 1 aromatic heterocycles. The number of amides is 1. The van der Waals surface area contributed by atoms with Crippen LogP contribution in [0.5, 0.6) is 0 Å². The van der Waals surface area contributed by atoms with Gasteiger partial charge in [0.15, 0.2) is 0 Å². The summed E-state index contributed by atoms with van der Waals surface area (Å²) < 4.78 is 7.30. The molecule has 5 heteroatoms. The van der Waals surface area contributed by atoms with Crippen LogP contribution in [0, 0.1) is 13.8 Å². The quantitative estimate of drug-likeness (QED) is 0.599. The first-order valence-electron chi connectivity index (χ1n) is 9.47. The van der Waals surface area contributed by atoms with Gasteiger partial charge in [0.25, 0.3) is 5.91 Å². The van der Waals surface area contributed by atoms with Crippen molar-refractivity contribution in [2.45, 2.75) is 26.9 Å². The van der Waals surface area contributed by atoms with Crippen LogP contribution in [0.3, 0.4) is 0 Å². The molecule has 0 saturated heterocycles. The van der Waals surface area contributed by atoms with Gasteiger partial charge in [-0.3, -0.25) is 4.79 Å². The zero-order valence-corrected chi connectivity index (χ0v) is 16.8. The second-order valence-electron chi connectivity index (χ2n) is 7.04. The molecule has 0 bridgehead atoms. The molecule has 146 valence electrons. The second kappa shape index (κ2) is 9.33. The van der Waals surface area contributed by atoms with Gasteiger partial charge in [0.2, 0.25) is 0 Å². The average Bonchev–Trinajstić information content (AvgIpc) is 3.13. The van der Waals surface area contributed by atoms with Crippen LogP contribution < -0.4 is 0 Å². The van der Waals surface area contributed by atoms with Gasteiger partial charge in [0, 0.05) is 38.2 Å². The zero-order valence-electron chi connectivity index (χ0n) is 16.8. The lowest BCUT2D eigenvalue weighted by Crippen LogP contribution is -2.34. The number of carbonyl (C=O) groups excluding carboxylic acids is 1. The van der Waals surface area contributed by atoms with Gasteiger partial charge in [-0.15, -0.1) is 0 Å². The molecule has 0 radical (unpaired) electrons. The van der Waals surface area contributed by atoms with E-state index in [2.05, 4.69) is 40.7 Å². The predicted octanol–water partition coefficient (Wildman–Crippen LogP) is 3.84. The Labute approximate surface area is 166 Å². The summed E-state index contributed by atoms with van der Waals surface area (Å²) in [5.74, 6) is 0.846. The first-order valence-corrected chi connectivity index (χ1v) is 9.47. The first kappa shape index (κ1) is 19.8. The van der Waals surface area contributed by atoms with Crippen molar-refractivity contribution in [1.29, 1.82) is 0 Å². The Morgan fingerprint density at radius 1 is 1.04 bits per heavy atom. The number of imidazole rings is 1. The summed E-state index contributed by atoms with van der Waals surface area (Å²) >= 11 is 0. The summed E-state index contributed by atoms with van der Waals surface area (Å²) in [4.78, 5) is 19.3. The predicted molar refractivity (Wildman–Crippen MR) is 110 cm³/mol. The molecule has 0 aliphatic rings. The smallest absolute Gasteiger partial charge is 0.254 e. The Hall–Kier alpha value is -2.92. The second-order valence-corrected chi connectivity index (χ2v) is 7.04. The Morgan fingerprint density at radius 3 is 2.32 bits per heavy atom. The highest BCUT2D eigenvalue weighted by Gasteiger charge is 2.18. The highest BCUT2D eigenvalue weighted by atomic mass is 16.5. The van der Waals surface area contributed by atoms with Gasteiger partial charge in [0.1, 0.15) is 5.82 Å². The fourth-order valence-electron chi connectivity index (χ4n) is 3.03. The fourth-order valence-corrected chi connectivity index (χ4v) is 3.03. The molecule has 0 fully saturated rings. The van der Waals surface area contributed by atoms with Gasteiger partial charge in [-0.1, -0.05) is 47.5 Å². The van der Waals surface area contributed by atoms with Gasteiger partial charge < -0.3 is 14.2 Å². The standard InChI is InChI=1S/C23H27N3O2/c1-18-4-8-20(9-5-18)16-25-13-12-24-22(25)17-26(14-15-28-3)23(27)21-10-6-19(2)7-11-21/h4-13H,14-17H2,1-3H3. The zero-order chi connectivity index (χ0) is 19.9. The molecule has 5 nitrogen and oxygen atoms in total. The number of methoxy groups -OCH3 is 1. The minimum Gasteiger partial charge on any atom is -0.383 e. The van der Waals surface area contributed by atoms with Crippen molar-refractivity contribution >= 4 is 5.91 Å². The minimum atomic E-state index is -0.0121. The van der Waals surface area contributed by atoms with Crippen LogP contribution in [0.4, 0.5) is 0 Å². The Bertz CT molecular complexity index is 898. The van der Waals surface area contributed by atoms with E-state index in [-0.39, 0.29) is 5.91 Å². The molecular weight excluding hydrogens is 350 g/mol. The number of carbonyl (C=O) groups is 1. The van der Waals surface area contributed by atoms with Crippen LogP contribution in [-0.4, -0.2) is 40.6 Å². The van der Waals surface area contributed by atoms with Gasteiger partial charge in [-0.05, 0) is 31.5 Å². The van der Waals surface area contributed by atoms with Crippen LogP contribution in [0.25, 0.3) is 0 Å². The summed E-state index contributed by atoms with van der Waals surface area (Å²) in [5.41, 5.74) is 4.26. The summed E-state index contributed by atoms with van der Waals surface area (Å²) in [5, 5.41) is 0. The van der Waals surface area contributed by atoms with Crippen molar-refractivity contribution in [3.8, 4) is 0 Å². The lowest BCUT2D eigenvalue weighted by atomic mass is 10.1. The molecule has 0 unspecified atom stereocenters. The maximum Gasteiger partial charge on any atom is 0.254 e. The van der Waals surface area contributed by atoms with E-state index in [4.69, 9.17) is 4.74 Å². The Morgan fingerprint density at radius 2 is 1.68 bits per heavy atom. The number of ether oxygens (including phenoxy) is 1. The molecule has 2 aromatic carbocycles. The van der Waals surface area contributed by atoms with Gasteiger partial charge in [-0.25, -0.2) is 4.98 Å². The van der Waals surface area contributed by atoms with Crippen molar-refractivity contribution in [3.63, 3.8) is 0 Å². The number of rotatable bonds is 8. The topological polar surface area (TPSA) is 47.4 Å². The van der Waals surface area contributed by atoms with Crippen molar-refractivity contribution in [3.05, 3.63) is 89.0 Å². The molecule has 1 heterocycles. The van der Waals surface area contributed by atoms with Crippen molar-refractivity contribution in [1.82, 2.24) is 14.5 Å². The Kier molecular flexibility index (Phi) is 6.61. The maximum absolute atomic E-state index is 13.0. The summed E-state index contributed by atoms with van der Waals surface area (Å²) in [6.45, 7) is 6.26. The normalized spacial score (nSPS) is 10.8. The van der Waals surface area contributed by atoms with E-state index in [1.807, 2.05) is 37.4 Å². The molecule has 0 atom stereocenters. The molecule has 0 saturated carbocycles. The molecule has 3 rings (SSSR count). The third-order valence-electron chi connectivity index (χ3n) is 4.76. The van der Waals surface area contributed by atoms with Crippen LogP contribution in [0.15, 0.2) is 60.9 Å². The molecule has 0 aliphatic carbocycles. The van der Waals surface area contributed by atoms with Crippen molar-refractivity contribution in [2.24, 2.45) is 0 Å². The van der Waals surface area contributed by atoms with Crippen molar-refractivity contribution < 1.29 is 9.53 Å². The number of hydrogen-bond donors (Lipinski definition) is 0. The molecular formula is C23H27N3O2. The van der Waals surface area contributed by atoms with E-state index in [0.717, 1.165) is 17.9 Å². The SMILES string of the molecule is COCCN(Cc1nccn1Cc1ccc(C)cc1)C(=O)c1ccc(C)cc1.